The molecule has 0 aliphatic heterocycles. The molecule has 0 N–H and O–H groups in total. The summed E-state index contributed by atoms with van der Waals surface area (Å²) in [5, 5.41) is 0. The topological polar surface area (TPSA) is 36.3 Å². The summed E-state index contributed by atoms with van der Waals surface area (Å²) in [7, 11) is 1.66. The minimum atomic E-state index is 0.501. The molecule has 0 fully saturated rings. The third-order valence-corrected chi connectivity index (χ3v) is 5.47. The van der Waals surface area contributed by atoms with E-state index in [9.17, 15) is 0 Å². The van der Waals surface area contributed by atoms with Gasteiger partial charge in [-0.15, -0.1) is 6.58 Å². The van der Waals surface area contributed by atoms with E-state index in [1.807, 2.05) is 54.6 Å². The molecule has 5 heteroatoms. The number of para-hydroxylation sites is 2. The van der Waals surface area contributed by atoms with Crippen molar-refractivity contribution in [2.45, 2.75) is 13.0 Å². The first-order valence-corrected chi connectivity index (χ1v) is 10.6. The number of imidazole rings is 1. The predicted molar refractivity (Wildman–Crippen MR) is 125 cm³/mol. The summed E-state index contributed by atoms with van der Waals surface area (Å²) in [6, 6.07) is 22.4. The maximum atomic E-state index is 6.09. The third kappa shape index (κ3) is 4.26. The molecule has 0 unspecified atom stereocenters. The maximum absolute atomic E-state index is 6.09. The van der Waals surface area contributed by atoms with Gasteiger partial charge in [-0.05, 0) is 48.4 Å². The highest BCUT2D eigenvalue weighted by Gasteiger charge is 2.13. The second-order valence-electron chi connectivity index (χ2n) is 6.91. The molecular weight excluding hydrogens is 440 g/mol. The van der Waals surface area contributed by atoms with Crippen LogP contribution in [0.4, 0.5) is 0 Å². The first-order chi connectivity index (χ1) is 14.7. The van der Waals surface area contributed by atoms with Crippen molar-refractivity contribution >= 4 is 27.0 Å². The largest absolute Gasteiger partial charge is 0.493 e. The van der Waals surface area contributed by atoms with E-state index < -0.39 is 0 Å². The Labute approximate surface area is 184 Å². The Bertz CT molecular complexity index is 1170. The van der Waals surface area contributed by atoms with Gasteiger partial charge >= 0.3 is 0 Å². The van der Waals surface area contributed by atoms with Gasteiger partial charge in [0.25, 0.3) is 0 Å². The molecule has 152 valence electrons. The molecule has 0 saturated carbocycles. The van der Waals surface area contributed by atoms with Crippen molar-refractivity contribution in [1.82, 2.24) is 9.55 Å². The number of hydrogen-bond donors (Lipinski definition) is 0. The Morgan fingerprint density at radius 1 is 1.03 bits per heavy atom. The molecule has 0 amide bonds. The van der Waals surface area contributed by atoms with Crippen molar-refractivity contribution < 1.29 is 9.47 Å². The summed E-state index contributed by atoms with van der Waals surface area (Å²) in [4.78, 5) is 4.86. The van der Waals surface area contributed by atoms with Crippen molar-refractivity contribution in [3.05, 3.63) is 89.4 Å². The average molecular weight is 463 g/mol. The Morgan fingerprint density at radius 3 is 2.60 bits per heavy atom. The quantitative estimate of drug-likeness (QED) is 0.289. The van der Waals surface area contributed by atoms with Crippen LogP contribution < -0.4 is 9.47 Å². The summed E-state index contributed by atoms with van der Waals surface area (Å²) in [5.41, 5.74) is 4.28. The van der Waals surface area contributed by atoms with Crippen molar-refractivity contribution in [1.29, 1.82) is 0 Å². The van der Waals surface area contributed by atoms with Crippen LogP contribution in [0.5, 0.6) is 11.5 Å². The Hall–Kier alpha value is -3.05. The lowest BCUT2D eigenvalue weighted by Gasteiger charge is -2.14. The molecule has 4 rings (SSSR count). The van der Waals surface area contributed by atoms with E-state index >= 15 is 0 Å². The van der Waals surface area contributed by atoms with Gasteiger partial charge in [-0.2, -0.15) is 0 Å². The van der Waals surface area contributed by atoms with Crippen LogP contribution in [0.2, 0.25) is 0 Å². The predicted octanol–water partition coefficient (Wildman–Crippen LogP) is 6.28. The van der Waals surface area contributed by atoms with Gasteiger partial charge < -0.3 is 14.0 Å². The average Bonchev–Trinajstić information content (AvgIpc) is 3.14. The number of aromatic nitrogens is 2. The first-order valence-electron chi connectivity index (χ1n) is 9.81. The lowest BCUT2D eigenvalue weighted by Crippen LogP contribution is -2.10. The molecule has 1 heterocycles. The standard InChI is InChI=1S/C25H23BrN2O2/c1-3-6-18-9-14-23(24(17-18)29-2)30-16-15-28-22-8-5-4-7-21(22)27-25(28)19-10-12-20(26)13-11-19/h3-5,7-14,17H,1,6,15-16H2,2H3. The van der Waals surface area contributed by atoms with Crippen LogP contribution in [0.3, 0.4) is 0 Å². The third-order valence-electron chi connectivity index (χ3n) is 4.94. The number of ether oxygens (including phenoxy) is 2. The number of hydrogen-bond acceptors (Lipinski definition) is 3. The van der Waals surface area contributed by atoms with Crippen molar-refractivity contribution in [2.24, 2.45) is 0 Å². The molecule has 30 heavy (non-hydrogen) atoms. The van der Waals surface area contributed by atoms with Crippen LogP contribution in [0.25, 0.3) is 22.4 Å². The zero-order chi connectivity index (χ0) is 20.9. The smallest absolute Gasteiger partial charge is 0.161 e. The highest BCUT2D eigenvalue weighted by molar-refractivity contribution is 9.10. The molecule has 1 aromatic heterocycles. The zero-order valence-electron chi connectivity index (χ0n) is 16.8. The summed E-state index contributed by atoms with van der Waals surface area (Å²) < 4.78 is 14.8. The number of halogens is 1. The van der Waals surface area contributed by atoms with Crippen molar-refractivity contribution in [2.75, 3.05) is 13.7 Å². The molecule has 0 spiro atoms. The molecule has 0 bridgehead atoms. The van der Waals surface area contributed by atoms with E-state index in [1.54, 1.807) is 7.11 Å². The van der Waals surface area contributed by atoms with Crippen LogP contribution in [0.15, 0.2) is 83.9 Å². The fraction of sp³-hybridized carbons (Fsp3) is 0.160. The second kappa shape index (κ2) is 9.18. The fourth-order valence-electron chi connectivity index (χ4n) is 3.49. The monoisotopic (exact) mass is 462 g/mol. The fourth-order valence-corrected chi connectivity index (χ4v) is 3.76. The number of methoxy groups -OCH3 is 1. The minimum absolute atomic E-state index is 0.501. The highest BCUT2D eigenvalue weighted by atomic mass is 79.9. The van der Waals surface area contributed by atoms with E-state index in [2.05, 4.69) is 45.3 Å². The zero-order valence-corrected chi connectivity index (χ0v) is 18.4. The summed E-state index contributed by atoms with van der Waals surface area (Å²) in [6.07, 6.45) is 2.68. The molecule has 0 radical (unpaired) electrons. The molecule has 0 aliphatic carbocycles. The van der Waals surface area contributed by atoms with Gasteiger partial charge in [0.15, 0.2) is 11.5 Å². The number of allylic oxidation sites excluding steroid dienone is 1. The van der Waals surface area contributed by atoms with Crippen LogP contribution >= 0.6 is 15.9 Å². The molecule has 4 nitrogen and oxygen atoms in total. The van der Waals surface area contributed by atoms with E-state index in [0.717, 1.165) is 50.4 Å². The van der Waals surface area contributed by atoms with Crippen LogP contribution in [-0.2, 0) is 13.0 Å². The molecule has 0 aliphatic rings. The van der Waals surface area contributed by atoms with Gasteiger partial charge in [-0.1, -0.05) is 52.3 Å². The maximum Gasteiger partial charge on any atom is 0.161 e. The molecular formula is C25H23BrN2O2. The number of fused-ring (bicyclic) bond motifs is 1. The minimum Gasteiger partial charge on any atom is -0.493 e. The van der Waals surface area contributed by atoms with E-state index in [-0.39, 0.29) is 0 Å². The van der Waals surface area contributed by atoms with Gasteiger partial charge in [0.05, 0.1) is 24.7 Å². The van der Waals surface area contributed by atoms with Crippen LogP contribution in [-0.4, -0.2) is 23.3 Å². The van der Waals surface area contributed by atoms with E-state index in [0.29, 0.717) is 13.2 Å². The lowest BCUT2D eigenvalue weighted by molar-refractivity contribution is 0.281. The lowest BCUT2D eigenvalue weighted by atomic mass is 10.1. The summed E-state index contributed by atoms with van der Waals surface area (Å²) in [5.74, 6) is 2.40. The van der Waals surface area contributed by atoms with Gasteiger partial charge in [-0.3, -0.25) is 0 Å². The Morgan fingerprint density at radius 2 is 1.83 bits per heavy atom. The van der Waals surface area contributed by atoms with Crippen molar-refractivity contribution in [3.8, 4) is 22.9 Å². The first kappa shape index (κ1) is 20.2. The normalized spacial score (nSPS) is 10.9. The Balaban J connectivity index is 1.59. The number of rotatable bonds is 8. The van der Waals surface area contributed by atoms with E-state index in [1.165, 1.54) is 0 Å². The highest BCUT2D eigenvalue weighted by Crippen LogP contribution is 2.29. The van der Waals surface area contributed by atoms with Gasteiger partial charge in [0.1, 0.15) is 12.4 Å². The van der Waals surface area contributed by atoms with Gasteiger partial charge in [0, 0.05) is 10.0 Å². The van der Waals surface area contributed by atoms with Gasteiger partial charge in [-0.25, -0.2) is 4.98 Å². The molecule has 4 aromatic rings. The van der Waals surface area contributed by atoms with Gasteiger partial charge in [0.2, 0.25) is 0 Å². The molecule has 0 atom stereocenters. The molecule has 3 aromatic carbocycles. The summed E-state index contributed by atoms with van der Waals surface area (Å²) in [6.45, 7) is 4.96. The summed E-state index contributed by atoms with van der Waals surface area (Å²) >= 11 is 3.50. The van der Waals surface area contributed by atoms with E-state index in [4.69, 9.17) is 14.5 Å². The van der Waals surface area contributed by atoms with Crippen LogP contribution in [0.1, 0.15) is 5.56 Å². The number of nitrogens with zero attached hydrogens (tertiary/aromatic N) is 2. The van der Waals surface area contributed by atoms with Crippen LogP contribution in [0, 0.1) is 0 Å². The second-order valence-corrected chi connectivity index (χ2v) is 7.82. The molecule has 0 saturated heterocycles. The Kier molecular flexibility index (Phi) is 6.19. The number of benzene rings is 3. The SMILES string of the molecule is C=CCc1ccc(OCCn2c(-c3ccc(Br)cc3)nc3ccccc32)c(OC)c1. The van der Waals surface area contributed by atoms with Crippen molar-refractivity contribution in [3.63, 3.8) is 0 Å².